The lowest BCUT2D eigenvalue weighted by molar-refractivity contribution is -0.186. The van der Waals surface area contributed by atoms with Crippen molar-refractivity contribution in [3.05, 3.63) is 29.8 Å². The molecule has 1 N–H and O–H groups in total. The van der Waals surface area contributed by atoms with Crippen LogP contribution >= 0.6 is 0 Å². The summed E-state index contributed by atoms with van der Waals surface area (Å²) in [5.74, 6) is -0.316. The predicted molar refractivity (Wildman–Crippen MR) is 79.9 cm³/mol. The summed E-state index contributed by atoms with van der Waals surface area (Å²) in [5, 5.41) is 3.13. The molecule has 22 heavy (non-hydrogen) atoms. The topological polar surface area (TPSA) is 38.3 Å². The van der Waals surface area contributed by atoms with Gasteiger partial charge in [-0.2, -0.15) is 13.2 Å². The van der Waals surface area contributed by atoms with E-state index in [1.54, 1.807) is 0 Å². The van der Waals surface area contributed by atoms with Gasteiger partial charge in [-0.25, -0.2) is 0 Å². The molecule has 3 nitrogen and oxygen atoms in total. The lowest BCUT2D eigenvalue weighted by Crippen LogP contribution is -2.20. The molecule has 0 saturated carbocycles. The molecule has 1 aromatic carbocycles. The van der Waals surface area contributed by atoms with Crippen molar-refractivity contribution < 1.29 is 22.7 Å². The van der Waals surface area contributed by atoms with Gasteiger partial charge in [0, 0.05) is 18.7 Å². The van der Waals surface area contributed by atoms with Crippen LogP contribution in [-0.4, -0.2) is 25.3 Å². The maximum Gasteiger partial charge on any atom is 0.422 e. The number of benzene rings is 1. The Balaban J connectivity index is 2.23. The molecule has 0 aliphatic rings. The molecule has 0 bridgehead atoms. The minimum Gasteiger partial charge on any atom is -0.456 e. The highest BCUT2D eigenvalue weighted by Gasteiger charge is 2.29. The number of ether oxygens (including phenoxy) is 1. The summed E-state index contributed by atoms with van der Waals surface area (Å²) in [6, 6.07) is 8.02. The maximum atomic E-state index is 11.9. The number of hydrogen-bond donors (Lipinski definition) is 1. The second kappa shape index (κ2) is 8.66. The zero-order valence-corrected chi connectivity index (χ0v) is 12.9. The second-order valence-electron chi connectivity index (χ2n) is 5.24. The van der Waals surface area contributed by atoms with E-state index in [4.69, 9.17) is 0 Å². The van der Waals surface area contributed by atoms with Gasteiger partial charge in [-0.3, -0.25) is 4.79 Å². The van der Waals surface area contributed by atoms with Crippen molar-refractivity contribution in [1.29, 1.82) is 0 Å². The Bertz CT molecular complexity index is 457. The SMILES string of the molecule is CCC(C)c1ccc(NCCCC(=O)OCC(F)(F)F)cc1. The third kappa shape index (κ3) is 7.33. The average molecular weight is 317 g/mol. The number of rotatable bonds is 8. The first-order valence-electron chi connectivity index (χ1n) is 7.38. The molecule has 0 spiro atoms. The van der Waals surface area contributed by atoms with Crippen LogP contribution in [0.3, 0.4) is 0 Å². The molecule has 1 atom stereocenters. The van der Waals surface area contributed by atoms with Gasteiger partial charge in [-0.05, 0) is 36.5 Å². The van der Waals surface area contributed by atoms with Crippen LogP contribution in [-0.2, 0) is 9.53 Å². The molecule has 1 aromatic rings. The molecular weight excluding hydrogens is 295 g/mol. The van der Waals surface area contributed by atoms with Gasteiger partial charge in [-0.1, -0.05) is 26.0 Å². The Morgan fingerprint density at radius 1 is 1.27 bits per heavy atom. The van der Waals surface area contributed by atoms with E-state index in [2.05, 4.69) is 23.9 Å². The Labute approximate surface area is 128 Å². The van der Waals surface area contributed by atoms with Gasteiger partial charge in [0.25, 0.3) is 0 Å². The number of hydrogen-bond acceptors (Lipinski definition) is 3. The first-order chi connectivity index (χ1) is 10.3. The van der Waals surface area contributed by atoms with E-state index in [9.17, 15) is 18.0 Å². The maximum absolute atomic E-state index is 11.9. The first kappa shape index (κ1) is 18.3. The lowest BCUT2D eigenvalue weighted by atomic mass is 9.99. The lowest BCUT2D eigenvalue weighted by Gasteiger charge is -2.11. The Morgan fingerprint density at radius 3 is 2.45 bits per heavy atom. The van der Waals surface area contributed by atoms with Crippen LogP contribution in [0.5, 0.6) is 0 Å². The molecule has 0 aromatic heterocycles. The van der Waals surface area contributed by atoms with E-state index in [1.165, 1.54) is 5.56 Å². The zero-order valence-electron chi connectivity index (χ0n) is 12.9. The van der Waals surface area contributed by atoms with E-state index in [-0.39, 0.29) is 6.42 Å². The van der Waals surface area contributed by atoms with Crippen LogP contribution in [0.25, 0.3) is 0 Å². The summed E-state index contributed by atoms with van der Waals surface area (Å²) in [5.41, 5.74) is 2.19. The van der Waals surface area contributed by atoms with Gasteiger partial charge in [0.1, 0.15) is 0 Å². The molecule has 0 aliphatic heterocycles. The minimum absolute atomic E-state index is 0.0337. The van der Waals surface area contributed by atoms with Crippen molar-refractivity contribution >= 4 is 11.7 Å². The number of anilines is 1. The number of alkyl halides is 3. The zero-order chi connectivity index (χ0) is 16.6. The van der Waals surface area contributed by atoms with E-state index in [0.29, 0.717) is 18.9 Å². The molecule has 124 valence electrons. The number of nitrogens with one attached hydrogen (secondary N) is 1. The average Bonchev–Trinajstić information content (AvgIpc) is 2.48. The van der Waals surface area contributed by atoms with Crippen LogP contribution in [0.15, 0.2) is 24.3 Å². The number of carbonyl (C=O) groups excluding carboxylic acids is 1. The normalized spacial score (nSPS) is 12.8. The minimum atomic E-state index is -4.47. The molecule has 0 amide bonds. The standard InChI is InChI=1S/C16H22F3NO2/c1-3-12(2)13-6-8-14(9-7-13)20-10-4-5-15(21)22-11-16(17,18)19/h6-9,12,20H,3-5,10-11H2,1-2H3. The van der Waals surface area contributed by atoms with Crippen LogP contribution in [0.1, 0.15) is 44.6 Å². The number of esters is 1. The van der Waals surface area contributed by atoms with Crippen LogP contribution in [0.2, 0.25) is 0 Å². The summed E-state index contributed by atoms with van der Waals surface area (Å²) >= 11 is 0. The largest absolute Gasteiger partial charge is 0.456 e. The summed E-state index contributed by atoms with van der Waals surface area (Å²) in [4.78, 5) is 11.1. The molecule has 0 heterocycles. The van der Waals surface area contributed by atoms with Crippen molar-refractivity contribution in [2.24, 2.45) is 0 Å². The van der Waals surface area contributed by atoms with Gasteiger partial charge in [-0.15, -0.1) is 0 Å². The van der Waals surface area contributed by atoms with Gasteiger partial charge in [0.2, 0.25) is 0 Å². The molecule has 1 unspecified atom stereocenters. The van der Waals surface area contributed by atoms with E-state index < -0.39 is 18.8 Å². The quantitative estimate of drug-likeness (QED) is 0.567. The van der Waals surface area contributed by atoms with Gasteiger partial charge in [0.15, 0.2) is 6.61 Å². The smallest absolute Gasteiger partial charge is 0.422 e. The monoisotopic (exact) mass is 317 g/mol. The van der Waals surface area contributed by atoms with E-state index >= 15 is 0 Å². The van der Waals surface area contributed by atoms with Crippen LogP contribution in [0, 0.1) is 0 Å². The van der Waals surface area contributed by atoms with Crippen molar-refractivity contribution in [1.82, 2.24) is 0 Å². The van der Waals surface area contributed by atoms with Crippen LogP contribution < -0.4 is 5.32 Å². The summed E-state index contributed by atoms with van der Waals surface area (Å²) in [6.07, 6.45) is -3.00. The summed E-state index contributed by atoms with van der Waals surface area (Å²) < 4.78 is 39.7. The highest BCUT2D eigenvalue weighted by Crippen LogP contribution is 2.20. The van der Waals surface area contributed by atoms with Gasteiger partial charge < -0.3 is 10.1 Å². The molecule has 0 saturated heterocycles. The fourth-order valence-electron chi connectivity index (χ4n) is 1.87. The van der Waals surface area contributed by atoms with Crippen molar-refractivity contribution in [2.75, 3.05) is 18.5 Å². The number of carbonyl (C=O) groups is 1. The van der Waals surface area contributed by atoms with Gasteiger partial charge in [0.05, 0.1) is 0 Å². The summed E-state index contributed by atoms with van der Waals surface area (Å²) in [7, 11) is 0. The fraction of sp³-hybridized carbons (Fsp3) is 0.562. The summed E-state index contributed by atoms with van der Waals surface area (Å²) in [6.45, 7) is 3.28. The second-order valence-corrected chi connectivity index (χ2v) is 5.24. The van der Waals surface area contributed by atoms with Crippen molar-refractivity contribution in [3.8, 4) is 0 Å². The fourth-order valence-corrected chi connectivity index (χ4v) is 1.87. The van der Waals surface area contributed by atoms with E-state index in [0.717, 1.165) is 12.1 Å². The molecule has 6 heteroatoms. The first-order valence-corrected chi connectivity index (χ1v) is 7.38. The Hall–Kier alpha value is -1.72. The molecule has 0 aliphatic carbocycles. The van der Waals surface area contributed by atoms with Gasteiger partial charge >= 0.3 is 12.1 Å². The van der Waals surface area contributed by atoms with E-state index in [1.807, 2.05) is 24.3 Å². The van der Waals surface area contributed by atoms with Crippen molar-refractivity contribution in [2.45, 2.75) is 45.2 Å². The molecule has 0 radical (unpaired) electrons. The number of halogens is 3. The molecule has 1 rings (SSSR count). The van der Waals surface area contributed by atoms with Crippen LogP contribution in [0.4, 0.5) is 18.9 Å². The predicted octanol–water partition coefficient (Wildman–Crippen LogP) is 4.50. The molecular formula is C16H22F3NO2. The Morgan fingerprint density at radius 2 is 1.91 bits per heavy atom. The highest BCUT2D eigenvalue weighted by molar-refractivity contribution is 5.69. The molecule has 0 fully saturated rings. The third-order valence-electron chi connectivity index (χ3n) is 3.38. The highest BCUT2D eigenvalue weighted by atomic mass is 19.4. The van der Waals surface area contributed by atoms with Crippen molar-refractivity contribution in [3.63, 3.8) is 0 Å². The Kier molecular flexibility index (Phi) is 7.21. The third-order valence-corrected chi connectivity index (χ3v) is 3.38.